The standard InChI is InChI=1S/C9H8N3.Y/c1-6-3-4-8-9(12-6)7(2)10-5-11-8;/h4-5H,1-2H3;/q-1;. The zero-order valence-corrected chi connectivity index (χ0v) is 10.4. The van der Waals surface area contributed by atoms with Crippen LogP contribution in [0.1, 0.15) is 11.4 Å². The van der Waals surface area contributed by atoms with Crippen LogP contribution < -0.4 is 0 Å². The molecule has 2 aromatic heterocycles. The Labute approximate surface area is 102 Å². The molecule has 0 atom stereocenters. The fourth-order valence-corrected chi connectivity index (χ4v) is 1.10. The van der Waals surface area contributed by atoms with E-state index in [-0.39, 0.29) is 32.7 Å². The molecule has 13 heavy (non-hydrogen) atoms. The molecule has 0 aliphatic heterocycles. The van der Waals surface area contributed by atoms with Crippen molar-refractivity contribution in [3.63, 3.8) is 0 Å². The van der Waals surface area contributed by atoms with Crippen molar-refractivity contribution in [3.05, 3.63) is 29.8 Å². The van der Waals surface area contributed by atoms with Crippen LogP contribution >= 0.6 is 0 Å². The minimum atomic E-state index is 0. The molecule has 0 spiro atoms. The molecule has 0 fully saturated rings. The van der Waals surface area contributed by atoms with Gasteiger partial charge in [-0.1, -0.05) is 11.2 Å². The third-order valence-corrected chi connectivity index (χ3v) is 1.73. The fourth-order valence-electron chi connectivity index (χ4n) is 1.10. The summed E-state index contributed by atoms with van der Waals surface area (Å²) in [5, 5.41) is 0. The van der Waals surface area contributed by atoms with E-state index in [2.05, 4.69) is 21.0 Å². The van der Waals surface area contributed by atoms with Crippen molar-refractivity contribution in [3.8, 4) is 0 Å². The van der Waals surface area contributed by atoms with Gasteiger partial charge < -0.3 is 4.98 Å². The number of pyridine rings is 1. The fraction of sp³-hybridized carbons (Fsp3) is 0.222. The van der Waals surface area contributed by atoms with E-state index in [1.54, 1.807) is 6.33 Å². The van der Waals surface area contributed by atoms with Gasteiger partial charge in [-0.3, -0.25) is 4.98 Å². The first kappa shape index (κ1) is 10.7. The summed E-state index contributed by atoms with van der Waals surface area (Å²) in [6.45, 7) is 3.84. The molecular formula is C9H8N3Y-. The summed E-state index contributed by atoms with van der Waals surface area (Å²) in [6, 6.07) is 4.84. The van der Waals surface area contributed by atoms with Crippen LogP contribution in [0, 0.1) is 19.9 Å². The van der Waals surface area contributed by atoms with Crippen molar-refractivity contribution in [2.24, 2.45) is 0 Å². The van der Waals surface area contributed by atoms with Gasteiger partial charge in [0.25, 0.3) is 0 Å². The second-order valence-electron chi connectivity index (χ2n) is 2.68. The van der Waals surface area contributed by atoms with Crippen LogP contribution in [0.4, 0.5) is 0 Å². The molecular weight excluding hydrogens is 239 g/mol. The maximum atomic E-state index is 4.29. The molecule has 0 saturated heterocycles. The van der Waals surface area contributed by atoms with Gasteiger partial charge >= 0.3 is 0 Å². The summed E-state index contributed by atoms with van der Waals surface area (Å²) in [4.78, 5) is 12.4. The number of aryl methyl sites for hydroxylation is 2. The first-order valence-electron chi connectivity index (χ1n) is 3.74. The Bertz CT molecular complexity index is 428. The molecule has 0 saturated carbocycles. The van der Waals surface area contributed by atoms with Crippen LogP contribution in [0.2, 0.25) is 0 Å². The summed E-state index contributed by atoms with van der Waals surface area (Å²) >= 11 is 0. The van der Waals surface area contributed by atoms with E-state index in [4.69, 9.17) is 0 Å². The zero-order chi connectivity index (χ0) is 8.55. The van der Waals surface area contributed by atoms with Crippen molar-refractivity contribution in [2.45, 2.75) is 13.8 Å². The number of aromatic nitrogens is 3. The molecule has 0 bridgehead atoms. The molecule has 0 aliphatic carbocycles. The largest absolute Gasteiger partial charge is 0.332 e. The molecule has 1 radical (unpaired) electrons. The summed E-state index contributed by atoms with van der Waals surface area (Å²) in [7, 11) is 0. The summed E-state index contributed by atoms with van der Waals surface area (Å²) in [5.74, 6) is 0. The molecule has 2 rings (SSSR count). The van der Waals surface area contributed by atoms with E-state index in [9.17, 15) is 0 Å². The summed E-state index contributed by atoms with van der Waals surface area (Å²) in [6.07, 6.45) is 1.54. The van der Waals surface area contributed by atoms with Crippen LogP contribution in [0.25, 0.3) is 11.0 Å². The molecule has 0 N–H and O–H groups in total. The average molecular weight is 247 g/mol. The zero-order valence-electron chi connectivity index (χ0n) is 7.57. The second kappa shape index (κ2) is 4.20. The topological polar surface area (TPSA) is 38.7 Å². The predicted octanol–water partition coefficient (Wildman–Crippen LogP) is 1.44. The van der Waals surface area contributed by atoms with Gasteiger partial charge in [0.05, 0.1) is 6.33 Å². The van der Waals surface area contributed by atoms with Crippen molar-refractivity contribution in [2.75, 3.05) is 0 Å². The van der Waals surface area contributed by atoms with Crippen molar-refractivity contribution in [1.29, 1.82) is 0 Å². The summed E-state index contributed by atoms with van der Waals surface area (Å²) in [5.41, 5.74) is 3.51. The maximum Gasteiger partial charge on any atom is 0.0967 e. The first-order valence-corrected chi connectivity index (χ1v) is 3.74. The molecule has 0 aromatic carbocycles. The number of rotatable bonds is 0. The van der Waals surface area contributed by atoms with Gasteiger partial charge in [-0.05, 0) is 13.8 Å². The Kier molecular flexibility index (Phi) is 3.45. The Morgan fingerprint density at radius 1 is 1.23 bits per heavy atom. The van der Waals surface area contributed by atoms with Gasteiger partial charge in [0, 0.05) is 43.9 Å². The maximum absolute atomic E-state index is 4.29. The van der Waals surface area contributed by atoms with Gasteiger partial charge in [-0.25, -0.2) is 17.1 Å². The number of hydrogen-bond acceptors (Lipinski definition) is 3. The number of nitrogens with zero attached hydrogens (tertiary/aromatic N) is 3. The Morgan fingerprint density at radius 2 is 2.00 bits per heavy atom. The quantitative estimate of drug-likeness (QED) is 0.661. The molecule has 2 heterocycles. The van der Waals surface area contributed by atoms with Crippen LogP contribution in [-0.2, 0) is 32.7 Å². The number of fused-ring (bicyclic) bond motifs is 1. The van der Waals surface area contributed by atoms with Gasteiger partial charge in [0.1, 0.15) is 0 Å². The molecule has 0 aliphatic rings. The number of hydrogen-bond donors (Lipinski definition) is 0. The van der Waals surface area contributed by atoms with E-state index in [1.807, 2.05) is 19.9 Å². The van der Waals surface area contributed by atoms with E-state index in [0.717, 1.165) is 22.4 Å². The molecule has 3 nitrogen and oxygen atoms in total. The van der Waals surface area contributed by atoms with Crippen LogP contribution in [0.15, 0.2) is 12.4 Å². The monoisotopic (exact) mass is 247 g/mol. The molecule has 0 unspecified atom stereocenters. The smallest absolute Gasteiger partial charge is 0.0967 e. The molecule has 4 heteroatoms. The molecule has 0 amide bonds. The predicted molar refractivity (Wildman–Crippen MR) is 45.6 cm³/mol. The Hall–Kier alpha value is -0.406. The van der Waals surface area contributed by atoms with Crippen LogP contribution in [0.3, 0.4) is 0 Å². The van der Waals surface area contributed by atoms with E-state index in [0.29, 0.717) is 0 Å². The minimum absolute atomic E-state index is 0. The van der Waals surface area contributed by atoms with Crippen molar-refractivity contribution in [1.82, 2.24) is 15.0 Å². The first-order chi connectivity index (χ1) is 5.77. The Morgan fingerprint density at radius 3 is 2.77 bits per heavy atom. The van der Waals surface area contributed by atoms with Gasteiger partial charge in [0.2, 0.25) is 0 Å². The summed E-state index contributed by atoms with van der Waals surface area (Å²) < 4.78 is 0. The van der Waals surface area contributed by atoms with E-state index in [1.165, 1.54) is 0 Å². The van der Waals surface area contributed by atoms with Crippen LogP contribution in [0.5, 0.6) is 0 Å². The molecule has 2 aromatic rings. The minimum Gasteiger partial charge on any atom is -0.332 e. The second-order valence-corrected chi connectivity index (χ2v) is 2.68. The van der Waals surface area contributed by atoms with E-state index < -0.39 is 0 Å². The van der Waals surface area contributed by atoms with Gasteiger partial charge in [-0.2, -0.15) is 0 Å². The third-order valence-electron chi connectivity index (χ3n) is 1.73. The van der Waals surface area contributed by atoms with Gasteiger partial charge in [-0.15, -0.1) is 0 Å². The third kappa shape index (κ3) is 2.09. The Balaban J connectivity index is 0.000000845. The average Bonchev–Trinajstić information content (AvgIpc) is 2.07. The van der Waals surface area contributed by atoms with Gasteiger partial charge in [0.15, 0.2) is 0 Å². The molecule has 63 valence electrons. The van der Waals surface area contributed by atoms with Crippen LogP contribution in [-0.4, -0.2) is 15.0 Å². The van der Waals surface area contributed by atoms with E-state index >= 15 is 0 Å². The SMILES string of the molecule is Cc1[c-]cc2ncnc(C)c2n1.[Y]. The van der Waals surface area contributed by atoms with Crippen molar-refractivity contribution < 1.29 is 32.7 Å². The van der Waals surface area contributed by atoms with Crippen molar-refractivity contribution >= 4 is 11.0 Å². The normalized spacial score (nSPS) is 9.69.